The molecule has 4 heterocycles. The third kappa shape index (κ3) is 2.26. The summed E-state index contributed by atoms with van der Waals surface area (Å²) < 4.78 is 6.35. The van der Waals surface area contributed by atoms with Crippen LogP contribution in [0, 0.1) is 0 Å². The zero-order valence-electron chi connectivity index (χ0n) is 16.5. The summed E-state index contributed by atoms with van der Waals surface area (Å²) in [5.74, 6) is -0.849. The molecule has 0 saturated carbocycles. The van der Waals surface area contributed by atoms with Gasteiger partial charge in [-0.15, -0.1) is 0 Å². The van der Waals surface area contributed by atoms with Crippen LogP contribution in [0.2, 0.25) is 0 Å². The molecule has 3 N–H and O–H groups in total. The summed E-state index contributed by atoms with van der Waals surface area (Å²) in [6.07, 6.45) is -1.08. The molecule has 2 atom stereocenters. The van der Waals surface area contributed by atoms with Gasteiger partial charge in [-0.2, -0.15) is 0 Å². The molecule has 1 aromatic carbocycles. The number of phenols is 1. The van der Waals surface area contributed by atoms with Crippen LogP contribution in [0.3, 0.4) is 0 Å². The predicted octanol–water partition coefficient (Wildman–Crippen LogP) is 1.84. The first kappa shape index (κ1) is 18.8. The van der Waals surface area contributed by atoms with Crippen LogP contribution < -0.4 is 5.56 Å². The number of nitrogens with zero attached hydrogens (tertiary/aromatic N) is 2. The van der Waals surface area contributed by atoms with E-state index in [1.165, 1.54) is 4.57 Å². The molecule has 1 unspecified atom stereocenters. The second-order valence-corrected chi connectivity index (χ2v) is 7.69. The summed E-state index contributed by atoms with van der Waals surface area (Å²) in [6.45, 7) is 3.83. The fraction of sp³-hybridized carbons (Fsp3) is 0.318. The number of fused-ring (bicyclic) bond motifs is 5. The van der Waals surface area contributed by atoms with Crippen molar-refractivity contribution in [2.75, 3.05) is 0 Å². The minimum absolute atomic E-state index is 0.00800. The number of benzene rings is 1. The van der Waals surface area contributed by atoms with Crippen molar-refractivity contribution in [3.63, 3.8) is 0 Å². The van der Waals surface area contributed by atoms with Crippen molar-refractivity contribution >= 4 is 16.9 Å². The molecule has 0 fully saturated rings. The number of esters is 1. The van der Waals surface area contributed by atoms with Crippen LogP contribution in [0.5, 0.6) is 5.75 Å². The maximum absolute atomic E-state index is 13.3. The number of ether oxygens (including phenoxy) is 1. The van der Waals surface area contributed by atoms with Crippen LogP contribution in [-0.2, 0) is 28.1 Å². The zero-order chi connectivity index (χ0) is 21.4. The van der Waals surface area contributed by atoms with Gasteiger partial charge in [0.1, 0.15) is 5.75 Å². The predicted molar refractivity (Wildman–Crippen MR) is 107 cm³/mol. The molecule has 3 aromatic rings. The maximum atomic E-state index is 13.3. The molecule has 2 aliphatic rings. The van der Waals surface area contributed by atoms with Gasteiger partial charge in [0.2, 0.25) is 6.29 Å². The number of hydrogen-bond donors (Lipinski definition) is 3. The molecular formula is C22H20N2O6. The number of aliphatic hydroxyl groups is 2. The third-order valence-electron chi connectivity index (χ3n) is 6.20. The monoisotopic (exact) mass is 417 g/mol. The number of carbonyl (C=O) groups is 1. The van der Waals surface area contributed by atoms with E-state index in [4.69, 9.17) is 9.72 Å². The van der Waals surface area contributed by atoms with Crippen molar-refractivity contribution in [1.29, 1.82) is 0 Å². The molecule has 30 heavy (non-hydrogen) atoms. The Kier molecular flexibility index (Phi) is 3.84. The summed E-state index contributed by atoms with van der Waals surface area (Å²) >= 11 is 0. The van der Waals surface area contributed by atoms with Gasteiger partial charge in [0.25, 0.3) is 5.56 Å². The molecule has 5 rings (SSSR count). The molecule has 0 radical (unpaired) electrons. The van der Waals surface area contributed by atoms with Crippen LogP contribution in [0.1, 0.15) is 48.8 Å². The van der Waals surface area contributed by atoms with Crippen molar-refractivity contribution in [3.05, 3.63) is 56.9 Å². The molecule has 0 amide bonds. The smallest absolute Gasteiger partial charge is 0.345 e. The van der Waals surface area contributed by atoms with Gasteiger partial charge in [-0.1, -0.05) is 13.8 Å². The summed E-state index contributed by atoms with van der Waals surface area (Å²) in [5, 5.41) is 31.9. The van der Waals surface area contributed by atoms with Gasteiger partial charge in [0, 0.05) is 16.5 Å². The molecule has 0 bridgehead atoms. The molecule has 2 aliphatic heterocycles. The van der Waals surface area contributed by atoms with E-state index in [1.807, 2.05) is 6.92 Å². The highest BCUT2D eigenvalue weighted by Gasteiger charge is 2.48. The normalized spacial score (nSPS) is 21.9. The Morgan fingerprint density at radius 1 is 1.27 bits per heavy atom. The number of aromatic nitrogens is 2. The molecule has 0 aliphatic carbocycles. The third-order valence-corrected chi connectivity index (χ3v) is 6.20. The molecule has 0 saturated heterocycles. The fourth-order valence-electron chi connectivity index (χ4n) is 4.60. The largest absolute Gasteiger partial charge is 0.508 e. The standard InChI is InChI=1S/C22H20N2O6/c1-3-11-12-7-10(25)5-6-15(12)23-18-13(11)9-24-16(18)8-14-17(19(24)26)20(27)30-21(28)22(14,29)4-2/h5-8,20,25,27,29H,3-4,9H2,1-2H3/t20?,22-/m0/s1/i1+1,3+1,5+1,6+1,7+1,10+1,11+1,12+1,15+1. The quantitative estimate of drug-likeness (QED) is 0.336. The summed E-state index contributed by atoms with van der Waals surface area (Å²) in [4.78, 5) is 30.3. The molecule has 8 nitrogen and oxygen atoms in total. The van der Waals surface area contributed by atoms with Gasteiger partial charge in [0.05, 0.1) is 29.0 Å². The van der Waals surface area contributed by atoms with Crippen molar-refractivity contribution < 1.29 is 24.9 Å². The van der Waals surface area contributed by atoms with Crippen molar-refractivity contribution in [1.82, 2.24) is 9.55 Å². The van der Waals surface area contributed by atoms with Gasteiger partial charge in [-0.05, 0) is 42.7 Å². The van der Waals surface area contributed by atoms with E-state index >= 15 is 0 Å². The Hall–Kier alpha value is -3.23. The highest BCUT2D eigenvalue weighted by Crippen LogP contribution is 2.42. The molecule has 8 heteroatoms. The average molecular weight is 417 g/mol. The van der Waals surface area contributed by atoms with Gasteiger partial charge in [-0.25, -0.2) is 9.78 Å². The number of aryl methyl sites for hydroxylation is 1. The number of carbonyl (C=O) groups excluding carboxylic acids is 1. The van der Waals surface area contributed by atoms with E-state index in [0.29, 0.717) is 23.3 Å². The highest BCUT2D eigenvalue weighted by atomic mass is 16.6. The number of phenolic OH excluding ortho intramolecular Hbond substituents is 1. The maximum Gasteiger partial charge on any atom is 0.345 e. The first-order valence-corrected chi connectivity index (χ1v) is 9.84. The average Bonchev–Trinajstić information content (AvgIpc) is 3.09. The number of aliphatic hydroxyl groups excluding tert-OH is 1. The Labute approximate surface area is 171 Å². The molecule has 2 aromatic heterocycles. The summed E-state index contributed by atoms with van der Waals surface area (Å²) in [5.41, 5.74) is 0.946. The number of cyclic esters (lactones) is 1. The highest BCUT2D eigenvalue weighted by molar-refractivity contribution is 5.90. The number of aromatic hydroxyl groups is 1. The van der Waals surface area contributed by atoms with Crippen molar-refractivity contribution in [2.24, 2.45) is 0 Å². The van der Waals surface area contributed by atoms with E-state index < -0.39 is 23.4 Å². The summed E-state index contributed by atoms with van der Waals surface area (Å²) in [6, 6.07) is 6.49. The minimum atomic E-state index is -2.01. The fourth-order valence-corrected chi connectivity index (χ4v) is 4.60. The Morgan fingerprint density at radius 2 is 2.03 bits per heavy atom. The van der Waals surface area contributed by atoms with Crippen LogP contribution in [0.25, 0.3) is 22.3 Å². The lowest BCUT2D eigenvalue weighted by Gasteiger charge is -2.34. The number of pyridine rings is 2. The zero-order valence-corrected chi connectivity index (χ0v) is 16.5. The molecule has 0 spiro atoms. The van der Waals surface area contributed by atoms with Gasteiger partial charge in [-0.3, -0.25) is 4.79 Å². The minimum Gasteiger partial charge on any atom is -0.508 e. The lowest BCUT2D eigenvalue weighted by Crippen LogP contribution is -2.46. The van der Waals surface area contributed by atoms with Crippen LogP contribution in [0.4, 0.5) is 0 Å². The SMILES string of the molecule is CC[C@@]1(O)C(=O)OC(O)c2c1cc1n(c2=O)Cc2c-1n[13c]1[13cH][13cH][13c](O)[13cH][13c]1[13c]2[13CH2][13CH3]. The van der Waals surface area contributed by atoms with Crippen LogP contribution in [-0.4, -0.2) is 30.8 Å². The van der Waals surface area contributed by atoms with E-state index in [9.17, 15) is 24.9 Å². The van der Waals surface area contributed by atoms with Crippen molar-refractivity contribution in [3.8, 4) is 17.1 Å². The Morgan fingerprint density at radius 3 is 2.73 bits per heavy atom. The Balaban J connectivity index is 1.85. The van der Waals surface area contributed by atoms with Gasteiger partial charge < -0.3 is 24.6 Å². The number of hydrogen-bond acceptors (Lipinski definition) is 7. The Bertz CT molecular complexity index is 1310. The molecular weight excluding hydrogens is 397 g/mol. The van der Waals surface area contributed by atoms with E-state index in [-0.39, 0.29) is 29.8 Å². The second-order valence-electron chi connectivity index (χ2n) is 7.69. The van der Waals surface area contributed by atoms with Crippen LogP contribution in [0.15, 0.2) is 29.1 Å². The van der Waals surface area contributed by atoms with Crippen molar-refractivity contribution in [2.45, 2.75) is 45.1 Å². The lowest BCUT2D eigenvalue weighted by molar-refractivity contribution is -0.199. The number of rotatable bonds is 2. The summed E-state index contributed by atoms with van der Waals surface area (Å²) in [7, 11) is 0. The first-order chi connectivity index (χ1) is 14.3. The first-order valence-electron chi connectivity index (χ1n) is 9.84. The second kappa shape index (κ2) is 6.13. The van der Waals surface area contributed by atoms with Gasteiger partial charge in [0.15, 0.2) is 5.60 Å². The van der Waals surface area contributed by atoms with E-state index in [1.54, 1.807) is 31.2 Å². The van der Waals surface area contributed by atoms with Crippen LogP contribution >= 0.6 is 0 Å². The van der Waals surface area contributed by atoms with Gasteiger partial charge >= 0.3 is 5.97 Å². The topological polar surface area (TPSA) is 122 Å². The van der Waals surface area contributed by atoms with E-state index in [2.05, 4.69) is 0 Å². The lowest BCUT2D eigenvalue weighted by atomic mass is 9.85. The van der Waals surface area contributed by atoms with E-state index in [0.717, 1.165) is 16.5 Å². The molecule has 154 valence electrons.